The highest BCUT2D eigenvalue weighted by atomic mass is 16.5. The molecule has 0 aliphatic rings. The zero-order valence-corrected chi connectivity index (χ0v) is 14.1. The number of methoxy groups -OCH3 is 1. The maximum Gasteiger partial charge on any atom is 0.260 e. The molecule has 8 nitrogen and oxygen atoms in total. The topological polar surface area (TPSA) is 113 Å². The molecule has 3 N–H and O–H groups in total. The molecule has 2 aromatic carbocycles. The quantitative estimate of drug-likeness (QED) is 0.521. The number of nitrogens with one attached hydrogen (secondary N) is 2. The Morgan fingerprint density at radius 2 is 1.81 bits per heavy atom. The number of benzene rings is 2. The van der Waals surface area contributed by atoms with Gasteiger partial charge in [-0.3, -0.25) is 15.1 Å². The summed E-state index contributed by atoms with van der Waals surface area (Å²) in [6, 6.07) is 10.2. The highest BCUT2D eigenvalue weighted by Crippen LogP contribution is 2.27. The molecule has 2 aromatic heterocycles. The summed E-state index contributed by atoms with van der Waals surface area (Å²) in [4.78, 5) is 28.0. The lowest BCUT2D eigenvalue weighted by molar-refractivity contribution is 0.419. The van der Waals surface area contributed by atoms with Gasteiger partial charge in [0, 0.05) is 5.39 Å². The molecule has 2 heterocycles. The number of phenols is 1. The molecule has 0 unspecified atom stereocenters. The lowest BCUT2D eigenvalue weighted by Gasteiger charge is -2.10. The van der Waals surface area contributed by atoms with E-state index in [2.05, 4.69) is 25.3 Å². The fourth-order valence-electron chi connectivity index (χ4n) is 2.81. The monoisotopic (exact) mass is 349 g/mol. The van der Waals surface area contributed by atoms with Crippen molar-refractivity contribution < 1.29 is 9.84 Å². The number of anilines is 2. The van der Waals surface area contributed by atoms with E-state index in [0.717, 1.165) is 11.1 Å². The molecule has 26 heavy (non-hydrogen) atoms. The lowest BCUT2D eigenvalue weighted by atomic mass is 10.2. The van der Waals surface area contributed by atoms with Crippen LogP contribution in [0.5, 0.6) is 11.5 Å². The summed E-state index contributed by atoms with van der Waals surface area (Å²) in [6.07, 6.45) is 0. The largest absolute Gasteiger partial charge is 0.506 e. The third kappa shape index (κ3) is 2.57. The number of rotatable bonds is 3. The van der Waals surface area contributed by atoms with Crippen LogP contribution in [-0.2, 0) is 0 Å². The molecular formula is C18H15N5O3. The third-order valence-electron chi connectivity index (χ3n) is 4.05. The lowest BCUT2D eigenvalue weighted by Crippen LogP contribution is -2.12. The van der Waals surface area contributed by atoms with Crippen LogP contribution in [0.15, 0.2) is 41.2 Å². The molecule has 0 amide bonds. The number of H-pyrrole nitrogens is 1. The van der Waals surface area contributed by atoms with Crippen molar-refractivity contribution in [2.45, 2.75) is 6.92 Å². The molecule has 0 fully saturated rings. The van der Waals surface area contributed by atoms with Gasteiger partial charge >= 0.3 is 0 Å². The van der Waals surface area contributed by atoms with Crippen molar-refractivity contribution in [3.05, 3.63) is 52.4 Å². The summed E-state index contributed by atoms with van der Waals surface area (Å²) in [6.45, 7) is 1.86. The van der Waals surface area contributed by atoms with Crippen molar-refractivity contribution in [3.63, 3.8) is 0 Å². The first-order chi connectivity index (χ1) is 12.6. The molecular weight excluding hydrogens is 334 g/mol. The van der Waals surface area contributed by atoms with Gasteiger partial charge in [0.05, 0.1) is 18.2 Å². The predicted molar refractivity (Wildman–Crippen MR) is 98.1 cm³/mol. The van der Waals surface area contributed by atoms with Crippen LogP contribution in [0.3, 0.4) is 0 Å². The molecule has 0 saturated heterocycles. The summed E-state index contributed by atoms with van der Waals surface area (Å²) in [5.74, 6) is 0.942. The first-order valence-corrected chi connectivity index (χ1v) is 7.87. The molecule has 8 heteroatoms. The van der Waals surface area contributed by atoms with Gasteiger partial charge in [-0.2, -0.15) is 0 Å². The Labute approximate surface area is 147 Å². The second kappa shape index (κ2) is 5.99. The number of ether oxygens (including phenoxy) is 1. The Balaban J connectivity index is 1.84. The van der Waals surface area contributed by atoms with Crippen LogP contribution in [-0.4, -0.2) is 32.2 Å². The van der Waals surface area contributed by atoms with Gasteiger partial charge in [-0.05, 0) is 25.1 Å². The van der Waals surface area contributed by atoms with Gasteiger partial charge in [-0.1, -0.05) is 18.2 Å². The first-order valence-electron chi connectivity index (χ1n) is 7.87. The zero-order chi connectivity index (χ0) is 18.3. The second-order valence-corrected chi connectivity index (χ2v) is 5.70. The summed E-state index contributed by atoms with van der Waals surface area (Å²) in [5.41, 5.74) is 1.23. The molecule has 0 saturated carbocycles. The number of hydrogen-bond donors (Lipinski definition) is 3. The van der Waals surface area contributed by atoms with Crippen molar-refractivity contribution in [1.29, 1.82) is 0 Å². The van der Waals surface area contributed by atoms with Crippen LogP contribution >= 0.6 is 0 Å². The van der Waals surface area contributed by atoms with Gasteiger partial charge in [0.25, 0.3) is 5.56 Å². The highest BCUT2D eigenvalue weighted by Gasteiger charge is 2.12. The highest BCUT2D eigenvalue weighted by molar-refractivity contribution is 5.87. The van der Waals surface area contributed by atoms with E-state index in [4.69, 9.17) is 4.74 Å². The first kappa shape index (κ1) is 15.8. The van der Waals surface area contributed by atoms with Crippen LogP contribution in [0, 0.1) is 6.92 Å². The summed E-state index contributed by atoms with van der Waals surface area (Å²) in [5, 5.41) is 14.0. The van der Waals surface area contributed by atoms with Gasteiger partial charge in [-0.25, -0.2) is 15.0 Å². The van der Waals surface area contributed by atoms with Gasteiger partial charge in [0.15, 0.2) is 0 Å². The van der Waals surface area contributed by atoms with E-state index < -0.39 is 0 Å². The number of hydrogen-bond acceptors (Lipinski definition) is 7. The van der Waals surface area contributed by atoms with Crippen LogP contribution in [0.25, 0.3) is 21.8 Å². The molecule has 4 aromatic rings. The van der Waals surface area contributed by atoms with Gasteiger partial charge < -0.3 is 9.84 Å². The van der Waals surface area contributed by atoms with Crippen LogP contribution in [0.1, 0.15) is 5.69 Å². The van der Waals surface area contributed by atoms with Crippen molar-refractivity contribution in [1.82, 2.24) is 19.9 Å². The minimum atomic E-state index is -0.372. The molecule has 0 spiro atoms. The molecule has 4 rings (SSSR count). The van der Waals surface area contributed by atoms with E-state index in [-0.39, 0.29) is 28.7 Å². The number of phenolic OH excluding ortho intramolecular Hbond substituents is 1. The SMILES string of the molecule is COc1cccc2c(C)nc(Nc3nc4c(O)cccc4c(=O)[nH]3)nc12. The van der Waals surface area contributed by atoms with Crippen molar-refractivity contribution >= 4 is 33.7 Å². The standard InChI is InChI=1S/C18H15N5O3/c1-9-10-5-4-8-13(26-2)15(10)21-17(19-9)23-18-20-14-11(16(25)22-18)6-3-7-12(14)24/h3-8,24H,1-2H3,(H2,19,20,21,22,23,25). The van der Waals surface area contributed by atoms with Gasteiger partial charge in [0.1, 0.15) is 22.5 Å². The fraction of sp³-hybridized carbons (Fsp3) is 0.111. The van der Waals surface area contributed by atoms with Crippen LogP contribution in [0.4, 0.5) is 11.9 Å². The average molecular weight is 349 g/mol. The van der Waals surface area contributed by atoms with E-state index in [1.165, 1.54) is 6.07 Å². The smallest absolute Gasteiger partial charge is 0.260 e. The van der Waals surface area contributed by atoms with Crippen molar-refractivity contribution in [3.8, 4) is 11.5 Å². The number of nitrogens with zero attached hydrogens (tertiary/aromatic N) is 3. The summed E-state index contributed by atoms with van der Waals surface area (Å²) >= 11 is 0. The molecule has 0 aliphatic heterocycles. The Hall–Kier alpha value is -3.68. The minimum absolute atomic E-state index is 0.0751. The van der Waals surface area contributed by atoms with E-state index in [9.17, 15) is 9.90 Å². The van der Waals surface area contributed by atoms with Crippen LogP contribution in [0.2, 0.25) is 0 Å². The fourth-order valence-corrected chi connectivity index (χ4v) is 2.81. The number of aromatic hydroxyl groups is 1. The summed E-state index contributed by atoms with van der Waals surface area (Å²) < 4.78 is 5.36. The Morgan fingerprint density at radius 3 is 2.62 bits per heavy atom. The van der Waals surface area contributed by atoms with E-state index >= 15 is 0 Å². The Kier molecular flexibility index (Phi) is 3.65. The van der Waals surface area contributed by atoms with Gasteiger partial charge in [0.2, 0.25) is 11.9 Å². The number of fused-ring (bicyclic) bond motifs is 2. The minimum Gasteiger partial charge on any atom is -0.506 e. The number of aryl methyl sites for hydroxylation is 1. The molecule has 0 atom stereocenters. The number of para-hydroxylation sites is 2. The molecule has 0 aliphatic carbocycles. The van der Waals surface area contributed by atoms with E-state index in [1.807, 2.05) is 25.1 Å². The molecule has 0 bridgehead atoms. The maximum atomic E-state index is 12.2. The normalized spacial score (nSPS) is 11.0. The number of aromatic amines is 1. The average Bonchev–Trinajstić information content (AvgIpc) is 2.62. The Bertz CT molecular complexity index is 1200. The van der Waals surface area contributed by atoms with E-state index in [0.29, 0.717) is 16.7 Å². The zero-order valence-electron chi connectivity index (χ0n) is 14.1. The van der Waals surface area contributed by atoms with E-state index in [1.54, 1.807) is 19.2 Å². The number of aromatic nitrogens is 4. The Morgan fingerprint density at radius 1 is 1.04 bits per heavy atom. The predicted octanol–water partition coefficient (Wildman–Crippen LogP) is 2.63. The molecule has 0 radical (unpaired) electrons. The van der Waals surface area contributed by atoms with Gasteiger partial charge in [-0.15, -0.1) is 0 Å². The van der Waals surface area contributed by atoms with Crippen LogP contribution < -0.4 is 15.6 Å². The second-order valence-electron chi connectivity index (χ2n) is 5.70. The van der Waals surface area contributed by atoms with Crippen molar-refractivity contribution in [2.75, 3.05) is 12.4 Å². The molecule has 130 valence electrons. The van der Waals surface area contributed by atoms with Crippen molar-refractivity contribution in [2.24, 2.45) is 0 Å². The summed E-state index contributed by atoms with van der Waals surface area (Å²) in [7, 11) is 1.57. The maximum absolute atomic E-state index is 12.2. The third-order valence-corrected chi connectivity index (χ3v) is 4.05.